The van der Waals surface area contributed by atoms with Crippen molar-refractivity contribution in [2.24, 2.45) is 0 Å². The van der Waals surface area contributed by atoms with Crippen molar-refractivity contribution < 1.29 is 19.0 Å². The van der Waals surface area contributed by atoms with Gasteiger partial charge in [-0.2, -0.15) is 0 Å². The molecule has 26 heavy (non-hydrogen) atoms. The van der Waals surface area contributed by atoms with Gasteiger partial charge >= 0.3 is 0 Å². The Labute approximate surface area is 158 Å². The normalized spacial score (nSPS) is 13.2. The molecule has 3 rings (SSSR count). The molecule has 5 nitrogen and oxygen atoms in total. The van der Waals surface area contributed by atoms with Crippen LogP contribution >= 0.6 is 11.6 Å². The lowest BCUT2D eigenvalue weighted by Crippen LogP contribution is -2.23. The summed E-state index contributed by atoms with van der Waals surface area (Å²) in [6, 6.07) is 11.2. The van der Waals surface area contributed by atoms with Crippen molar-refractivity contribution in [1.82, 2.24) is 5.32 Å². The highest BCUT2D eigenvalue weighted by Crippen LogP contribution is 2.37. The molecule has 0 aliphatic carbocycles. The van der Waals surface area contributed by atoms with Crippen LogP contribution in [0.3, 0.4) is 0 Å². The molecule has 2 aromatic carbocycles. The molecular weight excluding hydrogens is 354 g/mol. The first-order valence-electron chi connectivity index (χ1n) is 8.71. The van der Waals surface area contributed by atoms with E-state index in [9.17, 15) is 4.79 Å². The summed E-state index contributed by atoms with van der Waals surface area (Å²) >= 11 is 6.26. The van der Waals surface area contributed by atoms with E-state index >= 15 is 0 Å². The Morgan fingerprint density at radius 2 is 1.96 bits per heavy atom. The fourth-order valence-corrected chi connectivity index (χ4v) is 2.99. The van der Waals surface area contributed by atoms with Crippen molar-refractivity contribution in [3.05, 3.63) is 58.1 Å². The third kappa shape index (κ3) is 4.48. The van der Waals surface area contributed by atoms with E-state index in [2.05, 4.69) is 5.32 Å². The summed E-state index contributed by atoms with van der Waals surface area (Å²) in [6.07, 6.45) is 0.781. The van der Waals surface area contributed by atoms with E-state index in [1.54, 1.807) is 12.1 Å². The van der Waals surface area contributed by atoms with Gasteiger partial charge in [0, 0.05) is 25.1 Å². The summed E-state index contributed by atoms with van der Waals surface area (Å²) in [5.74, 6) is 0.799. The van der Waals surface area contributed by atoms with E-state index in [4.69, 9.17) is 25.8 Å². The van der Waals surface area contributed by atoms with Crippen molar-refractivity contribution in [3.8, 4) is 11.5 Å². The zero-order chi connectivity index (χ0) is 18.4. The van der Waals surface area contributed by atoms with Crippen LogP contribution in [-0.4, -0.2) is 25.7 Å². The van der Waals surface area contributed by atoms with Crippen LogP contribution in [0.2, 0.25) is 5.02 Å². The van der Waals surface area contributed by atoms with E-state index in [1.165, 1.54) is 0 Å². The lowest BCUT2D eigenvalue weighted by atomic mass is 10.1. The third-order valence-corrected chi connectivity index (χ3v) is 4.36. The number of halogens is 1. The van der Waals surface area contributed by atoms with Gasteiger partial charge in [0.2, 0.25) is 0 Å². The molecule has 0 saturated heterocycles. The molecule has 0 atom stereocenters. The summed E-state index contributed by atoms with van der Waals surface area (Å²) < 4.78 is 16.7. The molecule has 0 spiro atoms. The van der Waals surface area contributed by atoms with Crippen LogP contribution in [0.5, 0.6) is 11.5 Å². The molecular formula is C20H22ClNO4. The smallest absolute Gasteiger partial charge is 0.251 e. The average molecular weight is 376 g/mol. The van der Waals surface area contributed by atoms with E-state index < -0.39 is 0 Å². The molecule has 1 aliphatic heterocycles. The molecule has 6 heteroatoms. The standard InChI is InChI=1S/C20H22ClNO4/c1-2-24-13-15-7-4-3-6-14(15)12-22-20(23)16-10-17(21)19-18(11-16)25-8-5-9-26-19/h3-4,6-7,10-11H,2,5,8-9,12-13H2,1H3,(H,22,23). The third-order valence-electron chi connectivity index (χ3n) is 4.08. The van der Waals surface area contributed by atoms with Crippen LogP contribution in [0.1, 0.15) is 34.8 Å². The van der Waals surface area contributed by atoms with Crippen LogP contribution in [0.4, 0.5) is 0 Å². The number of nitrogens with one attached hydrogen (secondary N) is 1. The Bertz CT molecular complexity index is 778. The minimum atomic E-state index is -0.214. The van der Waals surface area contributed by atoms with Crippen molar-refractivity contribution >= 4 is 17.5 Å². The van der Waals surface area contributed by atoms with Gasteiger partial charge in [-0.25, -0.2) is 0 Å². The highest BCUT2D eigenvalue weighted by Gasteiger charge is 2.18. The molecule has 2 aromatic rings. The largest absolute Gasteiger partial charge is 0.489 e. The lowest BCUT2D eigenvalue weighted by molar-refractivity contribution is 0.0949. The summed E-state index contributed by atoms with van der Waals surface area (Å²) in [4.78, 5) is 12.6. The molecule has 0 fully saturated rings. The maximum Gasteiger partial charge on any atom is 0.251 e. The molecule has 0 radical (unpaired) electrons. The lowest BCUT2D eigenvalue weighted by Gasteiger charge is -2.13. The van der Waals surface area contributed by atoms with Crippen LogP contribution in [0.25, 0.3) is 0 Å². The van der Waals surface area contributed by atoms with Crippen molar-refractivity contribution in [2.45, 2.75) is 26.5 Å². The molecule has 138 valence electrons. The molecule has 0 saturated carbocycles. The fourth-order valence-electron chi connectivity index (χ4n) is 2.72. The Kier molecular flexibility index (Phi) is 6.36. The van der Waals surface area contributed by atoms with Gasteiger partial charge < -0.3 is 19.5 Å². The van der Waals surface area contributed by atoms with Gasteiger partial charge in [0.05, 0.1) is 24.8 Å². The molecule has 1 heterocycles. The maximum atomic E-state index is 12.6. The number of ether oxygens (including phenoxy) is 3. The van der Waals surface area contributed by atoms with Gasteiger partial charge in [0.25, 0.3) is 5.91 Å². The fraction of sp³-hybridized carbons (Fsp3) is 0.350. The minimum absolute atomic E-state index is 0.214. The predicted octanol–water partition coefficient (Wildman–Crippen LogP) is 3.97. The van der Waals surface area contributed by atoms with Crippen LogP contribution in [-0.2, 0) is 17.9 Å². The summed E-state index contributed by atoms with van der Waals surface area (Å²) in [5, 5.41) is 3.31. The number of carbonyl (C=O) groups is 1. The Balaban J connectivity index is 1.71. The quantitative estimate of drug-likeness (QED) is 0.830. The Hall–Kier alpha value is -2.24. The second-order valence-corrected chi connectivity index (χ2v) is 6.33. The molecule has 1 N–H and O–H groups in total. The number of rotatable bonds is 6. The molecule has 0 aromatic heterocycles. The van der Waals surface area contributed by atoms with Crippen molar-refractivity contribution in [2.75, 3.05) is 19.8 Å². The van der Waals surface area contributed by atoms with E-state index in [0.29, 0.717) is 55.1 Å². The van der Waals surface area contributed by atoms with Crippen molar-refractivity contribution in [1.29, 1.82) is 0 Å². The number of carbonyl (C=O) groups excluding carboxylic acids is 1. The van der Waals surface area contributed by atoms with Crippen LogP contribution < -0.4 is 14.8 Å². The van der Waals surface area contributed by atoms with Crippen LogP contribution in [0.15, 0.2) is 36.4 Å². The second kappa shape index (κ2) is 8.92. The maximum absolute atomic E-state index is 12.6. The van der Waals surface area contributed by atoms with E-state index in [-0.39, 0.29) is 5.91 Å². The SMILES string of the molecule is CCOCc1ccccc1CNC(=O)c1cc(Cl)c2c(c1)OCCCO2. The first-order valence-corrected chi connectivity index (χ1v) is 9.08. The van der Waals surface area contributed by atoms with Gasteiger partial charge in [-0.1, -0.05) is 35.9 Å². The summed E-state index contributed by atoms with van der Waals surface area (Å²) in [7, 11) is 0. The monoisotopic (exact) mass is 375 g/mol. The number of amides is 1. The van der Waals surface area contributed by atoms with Gasteiger partial charge in [-0.05, 0) is 30.2 Å². The zero-order valence-corrected chi connectivity index (χ0v) is 15.5. The minimum Gasteiger partial charge on any atom is -0.489 e. The summed E-state index contributed by atoms with van der Waals surface area (Å²) in [6.45, 7) is 4.63. The van der Waals surface area contributed by atoms with Crippen LogP contribution in [0, 0.1) is 0 Å². The Morgan fingerprint density at radius 1 is 1.19 bits per heavy atom. The summed E-state index contributed by atoms with van der Waals surface area (Å²) in [5.41, 5.74) is 2.53. The zero-order valence-electron chi connectivity index (χ0n) is 14.7. The molecule has 1 aliphatic rings. The number of hydrogen-bond acceptors (Lipinski definition) is 4. The Morgan fingerprint density at radius 3 is 2.77 bits per heavy atom. The average Bonchev–Trinajstić information content (AvgIpc) is 2.91. The van der Waals surface area contributed by atoms with E-state index in [0.717, 1.165) is 17.5 Å². The van der Waals surface area contributed by atoms with Gasteiger partial charge in [0.1, 0.15) is 0 Å². The number of benzene rings is 2. The number of hydrogen-bond donors (Lipinski definition) is 1. The van der Waals surface area contributed by atoms with Crippen molar-refractivity contribution in [3.63, 3.8) is 0 Å². The molecule has 0 bridgehead atoms. The predicted molar refractivity (Wildman–Crippen MR) is 100 cm³/mol. The first kappa shape index (κ1) is 18.5. The number of fused-ring (bicyclic) bond motifs is 1. The first-order chi connectivity index (χ1) is 12.7. The topological polar surface area (TPSA) is 56.8 Å². The van der Waals surface area contributed by atoms with Gasteiger partial charge in [0.15, 0.2) is 11.5 Å². The molecule has 0 unspecified atom stereocenters. The second-order valence-electron chi connectivity index (χ2n) is 5.92. The van der Waals surface area contributed by atoms with Gasteiger partial charge in [-0.3, -0.25) is 4.79 Å². The van der Waals surface area contributed by atoms with Gasteiger partial charge in [-0.15, -0.1) is 0 Å². The molecule has 1 amide bonds. The highest BCUT2D eigenvalue weighted by molar-refractivity contribution is 6.32. The highest BCUT2D eigenvalue weighted by atomic mass is 35.5. The van der Waals surface area contributed by atoms with E-state index in [1.807, 2.05) is 31.2 Å².